The lowest BCUT2D eigenvalue weighted by Gasteiger charge is -1.90. The zero-order chi connectivity index (χ0) is 5.28. The molecule has 7 heavy (non-hydrogen) atoms. The summed E-state index contributed by atoms with van der Waals surface area (Å²) in [5, 5.41) is 0. The maximum Gasteiger partial charge on any atom is 0.234 e. The van der Waals surface area contributed by atoms with Gasteiger partial charge in [-0.3, -0.25) is 4.18 Å². The van der Waals surface area contributed by atoms with Gasteiger partial charge in [-0.2, -0.15) is 0 Å². The predicted octanol–water partition coefficient (Wildman–Crippen LogP) is -0.427. The fourth-order valence-corrected chi connectivity index (χ4v) is 1.21. The Balaban J connectivity index is 2.40. The first-order valence-corrected chi connectivity index (χ1v) is 3.19. The molecule has 0 aromatic carbocycles. The normalized spacial score (nSPS) is 41.9. The van der Waals surface area contributed by atoms with Crippen LogP contribution in [0.1, 0.15) is 6.92 Å². The van der Waals surface area contributed by atoms with Gasteiger partial charge in [0, 0.05) is 6.54 Å². The van der Waals surface area contributed by atoms with Gasteiger partial charge in [-0.05, 0) is 6.92 Å². The van der Waals surface area contributed by atoms with Crippen LogP contribution in [0.15, 0.2) is 0 Å². The van der Waals surface area contributed by atoms with Crippen molar-refractivity contribution >= 4 is 11.3 Å². The zero-order valence-corrected chi connectivity index (χ0v) is 4.83. The van der Waals surface area contributed by atoms with Crippen molar-refractivity contribution in [1.82, 2.24) is 4.72 Å². The largest absolute Gasteiger partial charge is 0.274 e. The molecule has 1 N–H and O–H groups in total. The quantitative estimate of drug-likeness (QED) is 0.472. The monoisotopic (exact) mass is 121 g/mol. The van der Waals surface area contributed by atoms with Gasteiger partial charge in [-0.25, -0.2) is 8.93 Å². The molecule has 1 heterocycles. The molecule has 1 aliphatic rings. The molecule has 0 spiro atoms. The minimum Gasteiger partial charge on any atom is -0.274 e. The minimum atomic E-state index is -1.20. The average molecular weight is 121 g/mol. The highest BCUT2D eigenvalue weighted by molar-refractivity contribution is 7.78. The molecule has 4 heteroatoms. The number of nitrogens with one attached hydrogen (secondary N) is 1. The molecule has 0 aliphatic carbocycles. The lowest BCUT2D eigenvalue weighted by molar-refractivity contribution is 0.286. The van der Waals surface area contributed by atoms with E-state index in [2.05, 4.69) is 4.72 Å². The van der Waals surface area contributed by atoms with Gasteiger partial charge >= 0.3 is 0 Å². The molecule has 0 bridgehead atoms. The van der Waals surface area contributed by atoms with Crippen LogP contribution in [0.2, 0.25) is 0 Å². The molecule has 2 atom stereocenters. The van der Waals surface area contributed by atoms with Gasteiger partial charge in [-0.15, -0.1) is 0 Å². The van der Waals surface area contributed by atoms with Crippen LogP contribution in [-0.2, 0) is 15.4 Å². The number of hydrogen-bond acceptors (Lipinski definition) is 2. The van der Waals surface area contributed by atoms with Crippen LogP contribution in [0, 0.1) is 0 Å². The maximum atomic E-state index is 10.2. The van der Waals surface area contributed by atoms with Crippen LogP contribution in [0.4, 0.5) is 0 Å². The third kappa shape index (κ3) is 1.22. The second-order valence-corrected chi connectivity index (χ2v) is 2.44. The molecule has 0 amide bonds. The molecular formula is C3H7NO2S. The van der Waals surface area contributed by atoms with E-state index in [1.165, 1.54) is 0 Å². The van der Waals surface area contributed by atoms with Gasteiger partial charge in [-0.1, -0.05) is 0 Å². The summed E-state index contributed by atoms with van der Waals surface area (Å²) >= 11 is -1.20. The van der Waals surface area contributed by atoms with E-state index in [1.807, 2.05) is 6.92 Å². The molecule has 1 rings (SSSR count). The Hall–Kier alpha value is 0.0700. The summed E-state index contributed by atoms with van der Waals surface area (Å²) in [6, 6.07) is 0. The van der Waals surface area contributed by atoms with Crippen molar-refractivity contribution in [2.45, 2.75) is 13.0 Å². The van der Waals surface area contributed by atoms with Crippen LogP contribution < -0.4 is 4.72 Å². The Morgan fingerprint density at radius 2 is 2.71 bits per heavy atom. The van der Waals surface area contributed by atoms with Gasteiger partial charge in [0.05, 0.1) is 6.10 Å². The second-order valence-electron chi connectivity index (χ2n) is 1.49. The highest BCUT2D eigenvalue weighted by Crippen LogP contribution is 1.98. The summed E-state index contributed by atoms with van der Waals surface area (Å²) < 4.78 is 17.6. The first kappa shape index (κ1) is 5.21. The Morgan fingerprint density at radius 1 is 2.00 bits per heavy atom. The lowest BCUT2D eigenvalue weighted by atomic mass is 10.4. The van der Waals surface area contributed by atoms with Crippen LogP contribution >= 0.6 is 0 Å². The molecule has 0 radical (unpaired) electrons. The molecular weight excluding hydrogens is 114 g/mol. The van der Waals surface area contributed by atoms with Gasteiger partial charge in [0.2, 0.25) is 11.3 Å². The molecule has 0 saturated carbocycles. The fourth-order valence-electron chi connectivity index (χ4n) is 0.403. The van der Waals surface area contributed by atoms with E-state index in [-0.39, 0.29) is 6.10 Å². The summed E-state index contributed by atoms with van der Waals surface area (Å²) in [7, 11) is 0. The van der Waals surface area contributed by atoms with Gasteiger partial charge in [0.25, 0.3) is 0 Å². The Morgan fingerprint density at radius 3 is 2.86 bits per heavy atom. The molecule has 0 aromatic heterocycles. The summed E-state index contributed by atoms with van der Waals surface area (Å²) in [5.74, 6) is 0. The fraction of sp³-hybridized carbons (Fsp3) is 1.00. The van der Waals surface area contributed by atoms with E-state index in [0.717, 1.165) is 0 Å². The van der Waals surface area contributed by atoms with Crippen LogP contribution in [0.25, 0.3) is 0 Å². The minimum absolute atomic E-state index is 0.112. The van der Waals surface area contributed by atoms with E-state index < -0.39 is 11.3 Å². The predicted molar refractivity (Wildman–Crippen MR) is 26.7 cm³/mol. The van der Waals surface area contributed by atoms with E-state index >= 15 is 0 Å². The molecule has 0 aromatic rings. The molecule has 1 aliphatic heterocycles. The van der Waals surface area contributed by atoms with Crippen molar-refractivity contribution in [3.8, 4) is 0 Å². The highest BCUT2D eigenvalue weighted by atomic mass is 32.2. The first-order chi connectivity index (χ1) is 3.29. The molecule has 42 valence electrons. The molecule has 2 unspecified atom stereocenters. The van der Waals surface area contributed by atoms with Crippen molar-refractivity contribution in [1.29, 1.82) is 0 Å². The number of rotatable bonds is 0. The van der Waals surface area contributed by atoms with Gasteiger partial charge in [0.15, 0.2) is 0 Å². The third-order valence-electron chi connectivity index (χ3n) is 0.740. The summed E-state index contributed by atoms with van der Waals surface area (Å²) in [4.78, 5) is 0. The summed E-state index contributed by atoms with van der Waals surface area (Å²) in [5.41, 5.74) is 0. The average Bonchev–Trinajstić information content (AvgIpc) is 1.87. The standard InChI is InChI=1S/C3H7NO2S/c1-3-2-4-7(5)6-3/h3-4H,2H2,1H3. The van der Waals surface area contributed by atoms with Crippen molar-refractivity contribution in [2.24, 2.45) is 0 Å². The van der Waals surface area contributed by atoms with Crippen LogP contribution in [0.3, 0.4) is 0 Å². The first-order valence-electron chi connectivity index (χ1n) is 2.11. The Bertz CT molecular complexity index is 94.9. The number of hydrogen-bond donors (Lipinski definition) is 1. The SMILES string of the molecule is CC1CNS(=O)O1. The smallest absolute Gasteiger partial charge is 0.234 e. The van der Waals surface area contributed by atoms with Gasteiger partial charge < -0.3 is 0 Å². The van der Waals surface area contributed by atoms with Crippen molar-refractivity contribution in [3.63, 3.8) is 0 Å². The Labute approximate surface area is 44.8 Å². The summed E-state index contributed by atoms with van der Waals surface area (Å²) in [6.45, 7) is 2.57. The van der Waals surface area contributed by atoms with Crippen molar-refractivity contribution in [3.05, 3.63) is 0 Å². The van der Waals surface area contributed by atoms with Crippen molar-refractivity contribution < 1.29 is 8.39 Å². The molecule has 1 saturated heterocycles. The van der Waals surface area contributed by atoms with Crippen LogP contribution in [-0.4, -0.2) is 16.9 Å². The molecule has 1 fully saturated rings. The highest BCUT2D eigenvalue weighted by Gasteiger charge is 2.15. The molecule has 3 nitrogen and oxygen atoms in total. The maximum absolute atomic E-state index is 10.2. The zero-order valence-electron chi connectivity index (χ0n) is 4.01. The van der Waals surface area contributed by atoms with E-state index in [1.54, 1.807) is 0 Å². The third-order valence-corrected chi connectivity index (χ3v) is 1.65. The van der Waals surface area contributed by atoms with E-state index in [0.29, 0.717) is 6.54 Å². The Kier molecular flexibility index (Phi) is 1.41. The van der Waals surface area contributed by atoms with Gasteiger partial charge in [0.1, 0.15) is 0 Å². The summed E-state index contributed by atoms with van der Waals surface area (Å²) in [6.07, 6.45) is 0.112. The second kappa shape index (κ2) is 1.90. The van der Waals surface area contributed by atoms with Crippen molar-refractivity contribution in [2.75, 3.05) is 6.54 Å². The topological polar surface area (TPSA) is 38.3 Å². The van der Waals surface area contributed by atoms with Crippen LogP contribution in [0.5, 0.6) is 0 Å². The van der Waals surface area contributed by atoms with E-state index in [4.69, 9.17) is 4.18 Å². The lowest BCUT2D eigenvalue weighted by Crippen LogP contribution is -2.10. The van der Waals surface area contributed by atoms with E-state index in [9.17, 15) is 4.21 Å².